The lowest BCUT2D eigenvalue weighted by molar-refractivity contribution is -0.144. The summed E-state index contributed by atoms with van der Waals surface area (Å²) in [5, 5.41) is 23.1. The third-order valence-corrected chi connectivity index (χ3v) is 7.68. The monoisotopic (exact) mass is 479 g/mol. The highest BCUT2D eigenvalue weighted by molar-refractivity contribution is 5.72. The molecule has 0 radical (unpaired) electrons. The molecule has 35 heavy (non-hydrogen) atoms. The molecule has 188 valence electrons. The van der Waals surface area contributed by atoms with Gasteiger partial charge in [-0.2, -0.15) is 0 Å². The summed E-state index contributed by atoms with van der Waals surface area (Å²) >= 11 is 0. The molecule has 2 unspecified atom stereocenters. The number of carboxylic acids is 2. The number of benzene rings is 2. The molecule has 2 aromatic rings. The van der Waals surface area contributed by atoms with Crippen LogP contribution in [0.1, 0.15) is 24.0 Å². The Hall–Kier alpha value is -2.90. The second kappa shape index (κ2) is 11.2. The van der Waals surface area contributed by atoms with Crippen LogP contribution in [-0.4, -0.2) is 72.2 Å². The van der Waals surface area contributed by atoms with Gasteiger partial charge in [-0.1, -0.05) is 24.3 Å². The number of hydrogen-bond donors (Lipinski definition) is 3. The zero-order chi connectivity index (χ0) is 24.9. The van der Waals surface area contributed by atoms with Crippen molar-refractivity contribution in [2.75, 3.05) is 45.6 Å². The van der Waals surface area contributed by atoms with Gasteiger partial charge in [0.05, 0.1) is 11.8 Å². The van der Waals surface area contributed by atoms with Crippen molar-refractivity contribution in [2.24, 2.45) is 23.7 Å². The van der Waals surface area contributed by atoms with E-state index in [1.165, 1.54) is 0 Å². The predicted molar refractivity (Wildman–Crippen MR) is 137 cm³/mol. The number of nitrogens with one attached hydrogen (secondary N) is 1. The van der Waals surface area contributed by atoms with E-state index in [-0.39, 0.29) is 23.7 Å². The van der Waals surface area contributed by atoms with Crippen molar-refractivity contribution in [3.63, 3.8) is 0 Å². The molecule has 0 spiro atoms. The van der Waals surface area contributed by atoms with Gasteiger partial charge < -0.3 is 25.3 Å². The average Bonchev–Trinajstić information content (AvgIpc) is 3.44. The lowest BCUT2D eigenvalue weighted by Crippen LogP contribution is -2.28. The highest BCUT2D eigenvalue weighted by atomic mass is 16.4. The summed E-state index contributed by atoms with van der Waals surface area (Å²) in [6.45, 7) is 3.56. The maximum Gasteiger partial charge on any atom is 0.307 e. The summed E-state index contributed by atoms with van der Waals surface area (Å²) in [5.41, 5.74) is 3.81. The molecule has 0 aliphatic carbocycles. The van der Waals surface area contributed by atoms with E-state index in [0.717, 1.165) is 61.5 Å². The van der Waals surface area contributed by atoms with E-state index in [0.29, 0.717) is 12.8 Å². The summed E-state index contributed by atoms with van der Waals surface area (Å²) in [6.07, 6.45) is 2.87. The van der Waals surface area contributed by atoms with Crippen molar-refractivity contribution in [3.05, 3.63) is 59.7 Å². The van der Waals surface area contributed by atoms with Crippen LogP contribution in [-0.2, 0) is 22.4 Å². The van der Waals surface area contributed by atoms with Gasteiger partial charge in [0.25, 0.3) is 0 Å². The SMILES string of the molecule is CN1CC[C@H](C(Cc2cccc(Nc3cccc(CC(C(=O)O)[C@H]4CCN(C)C4)c3)c2)C(=O)O)C1. The summed E-state index contributed by atoms with van der Waals surface area (Å²) < 4.78 is 0. The van der Waals surface area contributed by atoms with Crippen LogP contribution < -0.4 is 5.32 Å². The zero-order valence-corrected chi connectivity index (χ0v) is 20.7. The molecule has 7 heteroatoms. The molecule has 2 aliphatic rings. The van der Waals surface area contributed by atoms with Crippen molar-refractivity contribution >= 4 is 23.3 Å². The van der Waals surface area contributed by atoms with Crippen molar-refractivity contribution in [3.8, 4) is 0 Å². The smallest absolute Gasteiger partial charge is 0.307 e. The molecule has 0 amide bonds. The number of nitrogens with zero attached hydrogens (tertiary/aromatic N) is 2. The van der Waals surface area contributed by atoms with Gasteiger partial charge in [-0.05, 0) is 100 Å². The Bertz CT molecular complexity index is 961. The molecule has 4 atom stereocenters. The quantitative estimate of drug-likeness (QED) is 0.477. The number of rotatable bonds is 10. The van der Waals surface area contributed by atoms with E-state index < -0.39 is 11.9 Å². The fraction of sp³-hybridized carbons (Fsp3) is 0.500. The largest absolute Gasteiger partial charge is 0.481 e. The first-order chi connectivity index (χ1) is 16.8. The molecular weight excluding hydrogens is 442 g/mol. The number of carbonyl (C=O) groups is 2. The van der Waals surface area contributed by atoms with E-state index in [1.54, 1.807) is 0 Å². The van der Waals surface area contributed by atoms with E-state index >= 15 is 0 Å². The van der Waals surface area contributed by atoms with Gasteiger partial charge in [0.15, 0.2) is 0 Å². The number of anilines is 2. The van der Waals surface area contributed by atoms with Crippen molar-refractivity contribution in [1.82, 2.24) is 9.80 Å². The first kappa shape index (κ1) is 25.2. The first-order valence-corrected chi connectivity index (χ1v) is 12.6. The Kier molecular flexibility index (Phi) is 8.08. The van der Waals surface area contributed by atoms with E-state index in [2.05, 4.69) is 15.1 Å². The number of aliphatic carboxylic acids is 2. The topological polar surface area (TPSA) is 93.1 Å². The number of likely N-dealkylation sites (tertiary alicyclic amines) is 2. The van der Waals surface area contributed by atoms with Gasteiger partial charge in [-0.15, -0.1) is 0 Å². The second-order valence-electron chi connectivity index (χ2n) is 10.4. The summed E-state index contributed by atoms with van der Waals surface area (Å²) in [7, 11) is 4.09. The fourth-order valence-electron chi connectivity index (χ4n) is 5.73. The van der Waals surface area contributed by atoms with Gasteiger partial charge in [-0.25, -0.2) is 0 Å². The molecule has 7 nitrogen and oxygen atoms in total. The molecular formula is C28H37N3O4. The molecule has 2 fully saturated rings. The Labute approximate surface area is 207 Å². The molecule has 2 heterocycles. The van der Waals surface area contributed by atoms with Crippen LogP contribution in [0.5, 0.6) is 0 Å². The predicted octanol–water partition coefficient (Wildman–Crippen LogP) is 3.82. The van der Waals surface area contributed by atoms with Crippen LogP contribution in [0.3, 0.4) is 0 Å². The van der Waals surface area contributed by atoms with Crippen molar-refractivity contribution in [2.45, 2.75) is 25.7 Å². The van der Waals surface area contributed by atoms with Crippen LogP contribution in [0.4, 0.5) is 11.4 Å². The molecule has 4 rings (SSSR count). The minimum Gasteiger partial charge on any atom is -0.481 e. The van der Waals surface area contributed by atoms with Crippen molar-refractivity contribution < 1.29 is 19.8 Å². The Morgan fingerprint density at radius 3 is 1.60 bits per heavy atom. The summed E-state index contributed by atoms with van der Waals surface area (Å²) in [4.78, 5) is 28.4. The fourth-order valence-corrected chi connectivity index (χ4v) is 5.73. The van der Waals surface area contributed by atoms with Gasteiger partial charge in [0.2, 0.25) is 0 Å². The Morgan fingerprint density at radius 1 is 0.829 bits per heavy atom. The standard InChI is InChI=1S/C28H37N3O4/c1-30-11-9-21(17-30)25(27(32)33)15-19-5-3-7-23(13-19)29-24-8-4-6-20(14-24)16-26(28(34)35)22-10-12-31(2)18-22/h3-8,13-14,21-22,25-26,29H,9-12,15-18H2,1-2H3,(H,32,33)(H,34,35)/t21-,22-,25?,26?/m0/s1. The van der Waals surface area contributed by atoms with Gasteiger partial charge >= 0.3 is 11.9 Å². The maximum atomic E-state index is 12.0. The van der Waals surface area contributed by atoms with E-state index in [4.69, 9.17) is 0 Å². The molecule has 2 aromatic carbocycles. The summed E-state index contributed by atoms with van der Waals surface area (Å²) in [5.74, 6) is -1.88. The first-order valence-electron chi connectivity index (χ1n) is 12.6. The zero-order valence-electron chi connectivity index (χ0n) is 20.7. The lowest BCUT2D eigenvalue weighted by Gasteiger charge is -2.20. The van der Waals surface area contributed by atoms with Crippen LogP contribution >= 0.6 is 0 Å². The molecule has 0 saturated carbocycles. The number of carboxylic acid groups (broad SMARTS) is 2. The summed E-state index contributed by atoms with van der Waals surface area (Å²) in [6, 6.07) is 15.9. The second-order valence-corrected chi connectivity index (χ2v) is 10.4. The Balaban J connectivity index is 1.43. The lowest BCUT2D eigenvalue weighted by atomic mass is 9.86. The van der Waals surface area contributed by atoms with Crippen LogP contribution in [0, 0.1) is 23.7 Å². The number of hydrogen-bond acceptors (Lipinski definition) is 5. The normalized spacial score (nSPS) is 22.7. The molecule has 3 N–H and O–H groups in total. The van der Waals surface area contributed by atoms with Crippen LogP contribution in [0.25, 0.3) is 0 Å². The highest BCUT2D eigenvalue weighted by Crippen LogP contribution is 2.30. The molecule has 0 aromatic heterocycles. The minimum absolute atomic E-state index is 0.174. The van der Waals surface area contributed by atoms with Crippen LogP contribution in [0.15, 0.2) is 48.5 Å². The van der Waals surface area contributed by atoms with Crippen molar-refractivity contribution in [1.29, 1.82) is 0 Å². The van der Waals surface area contributed by atoms with E-state index in [9.17, 15) is 19.8 Å². The minimum atomic E-state index is -0.724. The van der Waals surface area contributed by atoms with Gasteiger partial charge in [0, 0.05) is 24.5 Å². The molecule has 0 bridgehead atoms. The van der Waals surface area contributed by atoms with Gasteiger partial charge in [0.1, 0.15) is 0 Å². The van der Waals surface area contributed by atoms with Gasteiger partial charge in [-0.3, -0.25) is 9.59 Å². The molecule has 2 saturated heterocycles. The van der Waals surface area contributed by atoms with E-state index in [1.807, 2.05) is 62.6 Å². The third kappa shape index (κ3) is 6.61. The maximum absolute atomic E-state index is 12.0. The molecule has 2 aliphatic heterocycles. The van der Waals surface area contributed by atoms with Crippen LogP contribution in [0.2, 0.25) is 0 Å². The third-order valence-electron chi connectivity index (χ3n) is 7.68. The average molecular weight is 480 g/mol. The highest BCUT2D eigenvalue weighted by Gasteiger charge is 2.33. The Morgan fingerprint density at radius 2 is 1.26 bits per heavy atom.